The third-order valence-electron chi connectivity index (χ3n) is 6.32. The number of carbonyl (C=O) groups is 2. The number of hydrogen-bond donors (Lipinski definition) is 3. The first-order valence-corrected chi connectivity index (χ1v) is 12.1. The maximum atomic E-state index is 12.9. The Bertz CT molecular complexity index is 1220. The fourth-order valence-electron chi connectivity index (χ4n) is 4.60. The van der Waals surface area contributed by atoms with E-state index < -0.39 is 0 Å². The summed E-state index contributed by atoms with van der Waals surface area (Å²) in [4.78, 5) is 26.6. The van der Waals surface area contributed by atoms with E-state index in [0.29, 0.717) is 11.5 Å². The van der Waals surface area contributed by atoms with Gasteiger partial charge < -0.3 is 16.0 Å². The van der Waals surface area contributed by atoms with Gasteiger partial charge in [-0.2, -0.15) is 0 Å². The van der Waals surface area contributed by atoms with Gasteiger partial charge in [0.2, 0.25) is 5.91 Å². The van der Waals surface area contributed by atoms with Crippen molar-refractivity contribution in [3.8, 4) is 0 Å². The highest BCUT2D eigenvalue weighted by molar-refractivity contribution is 8.00. The fraction of sp³-hybridized carbons (Fsp3) is 0.259. The summed E-state index contributed by atoms with van der Waals surface area (Å²) in [6.45, 7) is 6.07. The van der Waals surface area contributed by atoms with Crippen LogP contribution in [-0.2, 0) is 4.79 Å². The van der Waals surface area contributed by atoms with Crippen molar-refractivity contribution >= 4 is 35.0 Å². The Kier molecular flexibility index (Phi) is 5.62. The summed E-state index contributed by atoms with van der Waals surface area (Å²) in [5.74, 6) is 0.277. The van der Waals surface area contributed by atoms with Crippen molar-refractivity contribution in [1.29, 1.82) is 0 Å². The molecule has 168 valence electrons. The number of nitrogens with one attached hydrogen (secondary N) is 3. The summed E-state index contributed by atoms with van der Waals surface area (Å²) in [6.07, 6.45) is 0.891. The summed E-state index contributed by atoms with van der Waals surface area (Å²) in [6, 6.07) is 19.9. The predicted octanol–water partition coefficient (Wildman–Crippen LogP) is 5.59. The number of anilines is 2. The lowest BCUT2D eigenvalue weighted by molar-refractivity contribution is -0.122. The molecule has 5 nitrogen and oxygen atoms in total. The number of aryl methyl sites for hydroxylation is 3. The van der Waals surface area contributed by atoms with E-state index in [0.717, 1.165) is 33.8 Å². The third kappa shape index (κ3) is 4.48. The highest BCUT2D eigenvalue weighted by Crippen LogP contribution is 2.48. The van der Waals surface area contributed by atoms with Crippen molar-refractivity contribution in [1.82, 2.24) is 5.32 Å². The first-order chi connectivity index (χ1) is 15.9. The number of thioether (sulfide) groups is 1. The van der Waals surface area contributed by atoms with E-state index >= 15 is 0 Å². The number of fused-ring (bicyclic) bond motifs is 1. The Morgan fingerprint density at radius 2 is 1.70 bits per heavy atom. The van der Waals surface area contributed by atoms with E-state index in [4.69, 9.17) is 0 Å². The Balaban J connectivity index is 1.21. The third-order valence-corrected chi connectivity index (χ3v) is 7.38. The van der Waals surface area contributed by atoms with E-state index in [2.05, 4.69) is 47.1 Å². The molecule has 3 aromatic carbocycles. The van der Waals surface area contributed by atoms with Crippen LogP contribution in [0.5, 0.6) is 0 Å². The van der Waals surface area contributed by atoms with Gasteiger partial charge in [-0.3, -0.25) is 9.59 Å². The quantitative estimate of drug-likeness (QED) is 0.467. The molecule has 0 aromatic heterocycles. The zero-order chi connectivity index (χ0) is 23.1. The first-order valence-electron chi connectivity index (χ1n) is 11.2. The van der Waals surface area contributed by atoms with Gasteiger partial charge in [-0.15, -0.1) is 0 Å². The highest BCUT2D eigenvalue weighted by Gasteiger charge is 2.44. The van der Waals surface area contributed by atoms with Crippen LogP contribution in [0.15, 0.2) is 65.6 Å². The van der Waals surface area contributed by atoms with Crippen molar-refractivity contribution in [3.05, 3.63) is 88.5 Å². The second-order valence-corrected chi connectivity index (χ2v) is 10.1. The number of rotatable bonds is 5. The minimum Gasteiger partial charge on any atom is -0.356 e. The van der Waals surface area contributed by atoms with Gasteiger partial charge in [0.1, 0.15) is 0 Å². The number of amides is 2. The molecule has 1 aliphatic heterocycles. The summed E-state index contributed by atoms with van der Waals surface area (Å²) in [7, 11) is 0. The highest BCUT2D eigenvalue weighted by atomic mass is 32.2. The zero-order valence-corrected chi connectivity index (χ0v) is 19.8. The molecule has 1 heterocycles. The number of hydrogen-bond acceptors (Lipinski definition) is 4. The molecule has 1 saturated carbocycles. The van der Waals surface area contributed by atoms with E-state index in [9.17, 15) is 9.59 Å². The maximum Gasteiger partial charge on any atom is 0.255 e. The number of benzene rings is 3. The fourth-order valence-corrected chi connectivity index (χ4v) is 5.66. The molecule has 33 heavy (non-hydrogen) atoms. The lowest BCUT2D eigenvalue weighted by atomic mass is 10.0. The summed E-state index contributed by atoms with van der Waals surface area (Å²) < 4.78 is 0. The maximum absolute atomic E-state index is 12.9. The van der Waals surface area contributed by atoms with E-state index in [1.165, 1.54) is 22.9 Å². The van der Waals surface area contributed by atoms with Crippen LogP contribution in [-0.4, -0.2) is 17.3 Å². The largest absolute Gasteiger partial charge is 0.356 e. The zero-order valence-electron chi connectivity index (χ0n) is 18.9. The smallest absolute Gasteiger partial charge is 0.255 e. The minimum absolute atomic E-state index is 0.0286. The topological polar surface area (TPSA) is 70.2 Å². The van der Waals surface area contributed by atoms with Crippen molar-refractivity contribution in [2.75, 3.05) is 10.6 Å². The molecule has 1 aliphatic carbocycles. The van der Waals surface area contributed by atoms with Crippen molar-refractivity contribution < 1.29 is 9.59 Å². The van der Waals surface area contributed by atoms with Gasteiger partial charge in [-0.1, -0.05) is 59.8 Å². The molecule has 3 aromatic rings. The minimum atomic E-state index is -0.232. The van der Waals surface area contributed by atoms with Crippen molar-refractivity contribution in [3.63, 3.8) is 0 Å². The Hall–Kier alpha value is -3.25. The normalized spacial score (nSPS) is 20.5. The van der Waals surface area contributed by atoms with Gasteiger partial charge in [-0.05, 0) is 68.0 Å². The van der Waals surface area contributed by atoms with E-state index in [1.54, 1.807) is 0 Å². The molecule has 3 atom stereocenters. The molecule has 5 rings (SSSR count). The molecule has 2 aliphatic rings. The van der Waals surface area contributed by atoms with Crippen LogP contribution in [0.2, 0.25) is 0 Å². The SMILES string of the molecule is Cc1cc(C)c(NC(=O)c2ccc3c(c2)SC(NC(=O)C2C[C@H]2c2ccccc2)N3)c(C)c1. The lowest BCUT2D eigenvalue weighted by Gasteiger charge is -2.13. The van der Waals surface area contributed by atoms with Crippen LogP contribution in [0.1, 0.15) is 45.0 Å². The van der Waals surface area contributed by atoms with Gasteiger partial charge in [0.25, 0.3) is 5.91 Å². The second-order valence-electron chi connectivity index (χ2n) is 8.95. The average molecular weight is 458 g/mol. The van der Waals surface area contributed by atoms with Crippen LogP contribution < -0.4 is 16.0 Å². The summed E-state index contributed by atoms with van der Waals surface area (Å²) >= 11 is 1.53. The Morgan fingerprint density at radius 1 is 0.970 bits per heavy atom. The van der Waals surface area contributed by atoms with Gasteiger partial charge in [0.05, 0.1) is 5.69 Å². The van der Waals surface area contributed by atoms with Crippen LogP contribution in [0, 0.1) is 26.7 Å². The van der Waals surface area contributed by atoms with Crippen LogP contribution in [0.4, 0.5) is 11.4 Å². The molecule has 2 unspecified atom stereocenters. The number of carbonyl (C=O) groups excluding carboxylic acids is 2. The molecule has 0 saturated heterocycles. The van der Waals surface area contributed by atoms with Crippen LogP contribution >= 0.6 is 11.8 Å². The second kappa shape index (κ2) is 8.60. The molecular weight excluding hydrogens is 430 g/mol. The standard InChI is InChI=1S/C27H27N3O2S/c1-15-11-16(2)24(17(3)12-15)29-25(31)19-9-10-22-23(13-19)33-27(28-22)30-26(32)21-14-20(21)18-7-5-4-6-8-18/h4-13,20-21,27-28H,14H2,1-3H3,(H,29,31)(H,30,32)/t20-,21?,27?/m0/s1. The van der Waals surface area contributed by atoms with Gasteiger partial charge in [0.15, 0.2) is 5.50 Å². The monoisotopic (exact) mass is 457 g/mol. The molecule has 0 spiro atoms. The van der Waals surface area contributed by atoms with Gasteiger partial charge >= 0.3 is 0 Å². The van der Waals surface area contributed by atoms with Crippen LogP contribution in [0.3, 0.4) is 0 Å². The molecule has 1 fully saturated rings. The van der Waals surface area contributed by atoms with Crippen molar-refractivity contribution in [2.45, 2.75) is 43.5 Å². The van der Waals surface area contributed by atoms with E-state index in [1.807, 2.05) is 50.2 Å². The average Bonchev–Trinajstić information content (AvgIpc) is 3.50. The Labute approximate surface area is 198 Å². The molecule has 2 amide bonds. The Morgan fingerprint density at radius 3 is 2.42 bits per heavy atom. The molecule has 0 radical (unpaired) electrons. The summed E-state index contributed by atoms with van der Waals surface area (Å²) in [5.41, 5.74) is 6.66. The molecule has 0 bridgehead atoms. The lowest BCUT2D eigenvalue weighted by Crippen LogP contribution is -2.37. The predicted molar refractivity (Wildman–Crippen MR) is 134 cm³/mol. The van der Waals surface area contributed by atoms with Gasteiger partial charge in [-0.25, -0.2) is 0 Å². The molecular formula is C27H27N3O2S. The van der Waals surface area contributed by atoms with E-state index in [-0.39, 0.29) is 23.2 Å². The van der Waals surface area contributed by atoms with Crippen molar-refractivity contribution in [2.24, 2.45) is 5.92 Å². The van der Waals surface area contributed by atoms with Gasteiger partial charge in [0, 0.05) is 22.1 Å². The first kappa shape index (κ1) is 21.6. The molecule has 3 N–H and O–H groups in total. The van der Waals surface area contributed by atoms with Crippen LogP contribution in [0.25, 0.3) is 0 Å². The summed E-state index contributed by atoms with van der Waals surface area (Å²) in [5, 5.41) is 9.51. The molecule has 6 heteroatoms.